The van der Waals surface area contributed by atoms with Crippen LogP contribution >= 0.6 is 0 Å². The van der Waals surface area contributed by atoms with Gasteiger partial charge < -0.3 is 58.6 Å². The minimum atomic E-state index is -0.241. The SMILES string of the molecule is CC(C)/C=C(\O)C(C)C.CC(C)C.CC(C)C.CC(C)C(N)=O.CC(C)C(N)=O.CC(C)CC(=O)C(C)C.CC(C)N=C(N)C(C)C.CC(C)N=C(N)C(C)C.CC(C)NC(=O)C(C)C.CC(C)NC(=O)C(C)C.CC(C)c1cnc(C(C)C)[nH]1.CC(C)c1cnc(C(C)C)[nH]1.CC(C)c1nn[nH]n1.CC(C)c1nn[nH]n1.CC(C)c1nn[nH]n1.CC(C)c1nn[nH]n1.O=c1cccc[nH]1.O=c1cccc[nH]1. The summed E-state index contributed by atoms with van der Waals surface area (Å²) in [6, 6.07) is 11.0. The molecule has 0 spiro atoms. The van der Waals surface area contributed by atoms with E-state index in [9.17, 15) is 33.6 Å². The second-order valence-corrected chi connectivity index (χ2v) is 41.2. The van der Waals surface area contributed by atoms with Gasteiger partial charge in [-0.1, -0.05) is 324 Å². The van der Waals surface area contributed by atoms with E-state index in [-0.39, 0.29) is 82.3 Å². The lowest BCUT2D eigenvalue weighted by molar-refractivity contribution is -0.125. The third-order valence-corrected chi connectivity index (χ3v) is 15.8. The first-order valence-electron chi connectivity index (χ1n) is 50.3. The summed E-state index contributed by atoms with van der Waals surface area (Å²) in [5.74, 6) is 15.1. The van der Waals surface area contributed by atoms with Crippen LogP contribution in [0.2, 0.25) is 0 Å². The topological polar surface area (TPSA) is 599 Å². The van der Waals surface area contributed by atoms with E-state index >= 15 is 0 Å². The number of aliphatic hydroxyl groups is 1. The number of hydrogen-bond acceptors (Lipinski definition) is 24. The highest BCUT2D eigenvalue weighted by atomic mass is 16.3. The largest absolute Gasteiger partial charge is 0.512 e. The summed E-state index contributed by atoms with van der Waals surface area (Å²) in [6.07, 6.45) is 9.67. The second kappa shape index (κ2) is 92.1. The van der Waals surface area contributed by atoms with Crippen molar-refractivity contribution in [2.75, 3.05) is 0 Å². The van der Waals surface area contributed by atoms with Crippen molar-refractivity contribution in [3.05, 3.63) is 140 Å². The quantitative estimate of drug-likeness (QED) is 0.0161. The molecule has 8 aromatic heterocycles. The maximum atomic E-state index is 11.0. The molecule has 8 aromatic rings. The molecule has 0 unspecified atom stereocenters. The molecule has 0 atom stereocenters. The van der Waals surface area contributed by atoms with Crippen LogP contribution in [0.25, 0.3) is 0 Å². The number of aromatic nitrogens is 22. The normalized spacial score (nSPS) is 10.8. The number of nitrogens with two attached hydrogens (primary N) is 4. The molecule has 19 N–H and O–H groups in total. The van der Waals surface area contributed by atoms with Crippen molar-refractivity contribution in [2.24, 2.45) is 104 Å². The summed E-state index contributed by atoms with van der Waals surface area (Å²) in [6.45, 7) is 101. The molecule has 0 aliphatic heterocycles. The predicted molar refractivity (Wildman–Crippen MR) is 589 cm³/mol. The van der Waals surface area contributed by atoms with Crippen molar-refractivity contribution in [2.45, 2.75) is 424 Å². The van der Waals surface area contributed by atoms with Gasteiger partial charge in [0.05, 0.1) is 17.4 Å². The van der Waals surface area contributed by atoms with Crippen LogP contribution in [0.5, 0.6) is 0 Å². The highest BCUT2D eigenvalue weighted by Gasteiger charge is 2.13. The van der Waals surface area contributed by atoms with Gasteiger partial charge in [-0.25, -0.2) is 9.97 Å². The summed E-state index contributed by atoms with van der Waals surface area (Å²) in [7, 11) is 0. The maximum Gasteiger partial charge on any atom is 0.247 e. The van der Waals surface area contributed by atoms with Crippen molar-refractivity contribution in [3.63, 3.8) is 0 Å². The number of imidazole rings is 2. The number of hydrogen-bond donors (Lipinski definition) is 15. The standard InChI is InChI=1S/2C9H16N2.2C8H16O.2C7H16N2.2C7H15NO.2C5H5NO.4C4H8N4.2C4H9NO.2C4H10/c2*1-6(2)8-5-10-9(11-8)7(3)4;2*1-6(2)5-8(9)7(3)4;2*1-5(2)7(8)9-6(3)4;2*1-5(2)7(9)8-6(3)4;2*7-5-3-1-2-4-6-5;4*1-3(2)4-5-7-8-6-4;2*1-3(2)4(5)6;2*1-4(2)3/h2*5-7H,1-4H3,(H,10,11);6-7H,5H2,1-4H3;5-7,9H,1-4H3;2*5-6H,1-4H3,(H2,8,9);2*5-6H,1-4H3,(H,8,9);2*1-4H,(H,6,7);4*3H,1-2H3,(H,5,6,7,8);2*3H,1-2H3,(H2,5,6);2*4H,1-3H3/b;;;8-5-;;;;;;;;;;;;;;. The Hall–Kier alpha value is -11.4. The number of aromatic amines is 8. The van der Waals surface area contributed by atoms with E-state index in [4.69, 9.17) is 28.0 Å². The number of allylic oxidation sites excluding steroid dienone is 2. The van der Waals surface area contributed by atoms with Gasteiger partial charge >= 0.3 is 0 Å². The van der Waals surface area contributed by atoms with Gasteiger partial charge in [0.2, 0.25) is 34.7 Å². The van der Waals surface area contributed by atoms with Crippen molar-refractivity contribution < 1.29 is 29.1 Å². The number of rotatable bonds is 23. The summed E-state index contributed by atoms with van der Waals surface area (Å²) < 4.78 is 0. The third kappa shape index (κ3) is 109. The second-order valence-electron chi connectivity index (χ2n) is 41.2. The van der Waals surface area contributed by atoms with Crippen molar-refractivity contribution in [1.29, 1.82) is 0 Å². The minimum absolute atomic E-state index is 0.00926. The Labute approximate surface area is 856 Å². The molecule has 38 heteroatoms. The number of H-pyrrole nitrogens is 8. The van der Waals surface area contributed by atoms with Crippen LogP contribution in [0, 0.1) is 71.0 Å². The predicted octanol–water partition coefficient (Wildman–Crippen LogP) is 21.1. The van der Waals surface area contributed by atoms with E-state index in [1.54, 1.807) is 64.4 Å². The first kappa shape index (κ1) is 151. The average Bonchev–Trinajstić information content (AvgIpc) is 1.75. The Morgan fingerprint density at radius 2 is 0.606 bits per heavy atom. The first-order chi connectivity index (χ1) is 65.2. The van der Waals surface area contributed by atoms with Crippen molar-refractivity contribution in [1.82, 2.24) is 123 Å². The Morgan fingerprint density at radius 3 is 0.683 bits per heavy atom. The molecule has 0 radical (unpaired) electrons. The Morgan fingerprint density at radius 1 is 0.352 bits per heavy atom. The van der Waals surface area contributed by atoms with Gasteiger partial charge in [-0.3, -0.25) is 43.5 Å². The smallest absolute Gasteiger partial charge is 0.247 e. The highest BCUT2D eigenvalue weighted by molar-refractivity contribution is 5.83. The lowest BCUT2D eigenvalue weighted by atomic mass is 9.99. The highest BCUT2D eigenvalue weighted by Crippen LogP contribution is 2.18. The number of pyridine rings is 2. The molecule has 142 heavy (non-hydrogen) atoms. The van der Waals surface area contributed by atoms with Crippen LogP contribution in [0.15, 0.2) is 92.6 Å². The molecule has 38 nitrogen and oxygen atoms in total. The molecular weight excluding hydrogens is 1800 g/mol. The average molecular weight is 2000 g/mol. The fourth-order valence-electron chi connectivity index (χ4n) is 7.26. The number of aliphatic imine (C=N–C) groups is 2. The molecule has 820 valence electrons. The molecule has 8 rings (SSSR count). The molecule has 0 fully saturated rings. The third-order valence-electron chi connectivity index (χ3n) is 15.8. The molecular formula is C104H206N30O8. The lowest BCUT2D eigenvalue weighted by Gasteiger charge is -2.09. The lowest BCUT2D eigenvalue weighted by Crippen LogP contribution is -2.33. The summed E-state index contributed by atoms with van der Waals surface area (Å²) in [5, 5.41) is 68.1. The van der Waals surface area contributed by atoms with Crippen LogP contribution in [0.1, 0.15) is 446 Å². The minimum Gasteiger partial charge on any atom is -0.512 e. The zero-order chi connectivity index (χ0) is 113. The van der Waals surface area contributed by atoms with Gasteiger partial charge in [-0.15, -0.1) is 40.8 Å². The van der Waals surface area contributed by atoms with Gasteiger partial charge in [-0.05, 0) is 109 Å². The van der Waals surface area contributed by atoms with Gasteiger partial charge in [-0.2, -0.15) is 20.9 Å². The maximum absolute atomic E-state index is 11.0. The number of nitrogens with zero attached hydrogens (tertiary/aromatic N) is 16. The number of primary amides is 2. The zero-order valence-electron chi connectivity index (χ0n) is 97.7. The van der Waals surface area contributed by atoms with Crippen LogP contribution in [-0.4, -0.2) is 183 Å². The van der Waals surface area contributed by atoms with Crippen molar-refractivity contribution >= 4 is 41.1 Å². The number of ketones is 1. The van der Waals surface area contributed by atoms with Gasteiger partial charge in [0.25, 0.3) is 0 Å². The zero-order valence-corrected chi connectivity index (χ0v) is 97.7. The monoisotopic (exact) mass is 2000 g/mol. The number of aliphatic hydroxyl groups excluding tert-OH is 1. The fraction of sp³-hybridized carbons (Fsp3) is 0.721. The van der Waals surface area contributed by atoms with E-state index < -0.39 is 0 Å². The number of amidine groups is 2. The number of tetrazole rings is 4. The molecule has 0 saturated carbocycles. The van der Waals surface area contributed by atoms with Crippen LogP contribution in [-0.2, 0) is 24.0 Å². The van der Waals surface area contributed by atoms with Gasteiger partial charge in [0.1, 0.15) is 17.4 Å². The summed E-state index contributed by atoms with van der Waals surface area (Å²) in [4.78, 5) is 101. The Balaban J connectivity index is -0.000000163. The van der Waals surface area contributed by atoms with Gasteiger partial charge in [0, 0.05) is 162 Å². The molecule has 0 bridgehead atoms. The van der Waals surface area contributed by atoms with E-state index in [1.807, 2.05) is 212 Å². The molecule has 0 aliphatic carbocycles. The summed E-state index contributed by atoms with van der Waals surface area (Å²) >= 11 is 0. The van der Waals surface area contributed by atoms with E-state index in [1.165, 1.54) is 23.5 Å². The number of nitrogens with one attached hydrogen (secondary N) is 10. The summed E-state index contributed by atoms with van der Waals surface area (Å²) in [5.41, 5.74) is 23.1. The van der Waals surface area contributed by atoms with Crippen LogP contribution < -0.4 is 44.7 Å². The molecule has 4 amide bonds. The molecule has 0 aromatic carbocycles. The number of Topliss-reactive ketones (excluding diaryl/α,β-unsaturated/α-hetero) is 1. The Kier molecular flexibility index (Phi) is 97.8. The van der Waals surface area contributed by atoms with E-state index in [0.29, 0.717) is 94.6 Å². The Bertz CT molecular complexity index is 3900. The number of carbonyl (C=O) groups excluding carboxylic acids is 5. The van der Waals surface area contributed by atoms with Crippen LogP contribution in [0.3, 0.4) is 0 Å². The fourth-order valence-corrected chi connectivity index (χ4v) is 7.26. The number of amides is 4. The molecule has 0 aliphatic rings. The van der Waals surface area contributed by atoms with Crippen LogP contribution in [0.4, 0.5) is 0 Å². The first-order valence-corrected chi connectivity index (χ1v) is 50.3. The van der Waals surface area contributed by atoms with Crippen molar-refractivity contribution in [3.8, 4) is 0 Å². The van der Waals surface area contributed by atoms with Gasteiger partial charge in [0.15, 0.2) is 23.3 Å². The van der Waals surface area contributed by atoms with E-state index in [0.717, 1.165) is 64.9 Å². The van der Waals surface area contributed by atoms with E-state index in [2.05, 4.69) is 258 Å². The molecule has 0 saturated heterocycles. The number of carbonyl (C=O) groups is 5. The molecule has 8 heterocycles.